The number of hydroxylamine groups is 1. The Morgan fingerprint density at radius 2 is 1.76 bits per heavy atom. The molecule has 0 saturated carbocycles. The van der Waals surface area contributed by atoms with Crippen molar-refractivity contribution in [2.75, 3.05) is 5.43 Å². The third-order valence-corrected chi connectivity index (χ3v) is 4.32. The molecule has 0 unspecified atom stereocenters. The number of carbonyl (C=O) groups is 1. The van der Waals surface area contributed by atoms with Gasteiger partial charge in [-0.2, -0.15) is 0 Å². The van der Waals surface area contributed by atoms with Crippen molar-refractivity contribution in [3.63, 3.8) is 0 Å². The number of benzene rings is 1. The molecule has 1 aromatic rings. The van der Waals surface area contributed by atoms with Gasteiger partial charge in [-0.05, 0) is 12.5 Å². The maximum Gasteiger partial charge on any atom is 0.298 e. The van der Waals surface area contributed by atoms with Gasteiger partial charge in [-0.1, -0.05) is 69.5 Å². The molecule has 1 aliphatic rings. The van der Waals surface area contributed by atoms with Gasteiger partial charge in [0.1, 0.15) is 0 Å². The van der Waals surface area contributed by atoms with E-state index in [1.807, 2.05) is 0 Å². The number of rotatable bonds is 11. The lowest BCUT2D eigenvalue weighted by molar-refractivity contribution is -0.383. The number of hydrazine groups is 1. The highest BCUT2D eigenvalue weighted by molar-refractivity contribution is 5.81. The lowest BCUT2D eigenvalue weighted by atomic mass is 10.1. The summed E-state index contributed by atoms with van der Waals surface area (Å²) in [6.07, 6.45) is 11.0. The zero-order valence-electron chi connectivity index (χ0n) is 14.8. The minimum Gasteiger partial charge on any atom is -0.354 e. The largest absolute Gasteiger partial charge is 0.354 e. The van der Waals surface area contributed by atoms with Crippen LogP contribution in [0, 0.1) is 10.1 Å². The van der Waals surface area contributed by atoms with Gasteiger partial charge in [0.2, 0.25) is 0 Å². The van der Waals surface area contributed by atoms with E-state index in [1.165, 1.54) is 50.7 Å². The van der Waals surface area contributed by atoms with E-state index in [2.05, 4.69) is 12.3 Å². The van der Waals surface area contributed by atoms with E-state index in [0.717, 1.165) is 24.4 Å². The average Bonchev–Trinajstić information content (AvgIpc) is 3.04. The number of para-hydroxylation sites is 1. The third-order valence-electron chi connectivity index (χ3n) is 4.32. The van der Waals surface area contributed by atoms with Gasteiger partial charge in [-0.15, -0.1) is 0 Å². The molecule has 0 atom stereocenters. The van der Waals surface area contributed by atoms with Crippen LogP contribution in [0.2, 0.25) is 0 Å². The van der Waals surface area contributed by atoms with Crippen LogP contribution in [0.15, 0.2) is 18.2 Å². The number of carbonyl (C=O) groups excluding carboxylic acids is 1. The lowest BCUT2D eigenvalue weighted by Crippen LogP contribution is -2.34. The number of nitro groups is 1. The van der Waals surface area contributed by atoms with E-state index < -0.39 is 4.92 Å². The van der Waals surface area contributed by atoms with Gasteiger partial charge in [0.05, 0.1) is 4.92 Å². The van der Waals surface area contributed by atoms with Crippen molar-refractivity contribution in [3.8, 4) is 5.75 Å². The maximum atomic E-state index is 12.2. The van der Waals surface area contributed by atoms with Crippen molar-refractivity contribution >= 4 is 17.3 Å². The van der Waals surface area contributed by atoms with Crippen LogP contribution in [-0.4, -0.2) is 16.0 Å². The summed E-state index contributed by atoms with van der Waals surface area (Å²) in [5.74, 6) is 0.0862. The minimum atomic E-state index is -0.496. The Morgan fingerprint density at radius 3 is 2.40 bits per heavy atom. The monoisotopic (exact) mass is 349 g/mol. The number of nitrogens with one attached hydrogen (secondary N) is 1. The van der Waals surface area contributed by atoms with E-state index >= 15 is 0 Å². The SMILES string of the molecule is CCCCCCCCCCCC(=O)N1Nc2c(cccc2[N+](=O)[O-])O1. The van der Waals surface area contributed by atoms with Crippen molar-refractivity contribution in [2.45, 2.75) is 71.1 Å². The normalized spacial score (nSPS) is 12.4. The van der Waals surface area contributed by atoms with Gasteiger partial charge in [-0.25, -0.2) is 0 Å². The number of hydrogen-bond acceptors (Lipinski definition) is 5. The first-order chi connectivity index (χ1) is 12.1. The molecule has 0 aromatic heterocycles. The lowest BCUT2D eigenvalue weighted by Gasteiger charge is -2.13. The van der Waals surface area contributed by atoms with Crippen LogP contribution >= 0.6 is 0 Å². The quantitative estimate of drug-likeness (QED) is 0.346. The van der Waals surface area contributed by atoms with Gasteiger partial charge in [0, 0.05) is 12.5 Å². The van der Waals surface area contributed by atoms with Crippen molar-refractivity contribution in [1.82, 2.24) is 5.17 Å². The first kappa shape index (κ1) is 19.0. The minimum absolute atomic E-state index is 0.101. The number of nitro benzene ring substituents is 1. The van der Waals surface area contributed by atoms with E-state index in [-0.39, 0.29) is 17.3 Å². The van der Waals surface area contributed by atoms with Crippen LogP contribution < -0.4 is 10.3 Å². The molecule has 0 saturated heterocycles. The number of amides is 1. The van der Waals surface area contributed by atoms with Gasteiger partial charge in [-0.3, -0.25) is 20.3 Å². The second-order valence-electron chi connectivity index (χ2n) is 6.38. The molecule has 1 aliphatic heterocycles. The smallest absolute Gasteiger partial charge is 0.298 e. The van der Waals surface area contributed by atoms with E-state index in [4.69, 9.17) is 4.84 Å². The molecule has 25 heavy (non-hydrogen) atoms. The molecule has 1 heterocycles. The van der Waals surface area contributed by atoms with Gasteiger partial charge in [0.15, 0.2) is 11.4 Å². The molecule has 7 nitrogen and oxygen atoms in total. The summed E-state index contributed by atoms with van der Waals surface area (Å²) in [5.41, 5.74) is 2.81. The van der Waals surface area contributed by atoms with Crippen LogP contribution in [0.1, 0.15) is 71.1 Å². The molecule has 1 aromatic carbocycles. The Hall–Kier alpha value is -2.31. The molecule has 1 amide bonds. The predicted molar refractivity (Wildman–Crippen MR) is 96.0 cm³/mol. The number of anilines is 1. The highest BCUT2D eigenvalue weighted by Crippen LogP contribution is 2.39. The number of fused-ring (bicyclic) bond motifs is 1. The molecule has 0 aliphatic carbocycles. The molecular weight excluding hydrogens is 322 g/mol. The fraction of sp³-hybridized carbons (Fsp3) is 0.611. The first-order valence-electron chi connectivity index (χ1n) is 9.18. The Labute approximate surface area is 148 Å². The molecular formula is C18H27N3O4. The van der Waals surface area contributed by atoms with Crippen molar-refractivity contribution in [3.05, 3.63) is 28.3 Å². The van der Waals surface area contributed by atoms with E-state index in [1.54, 1.807) is 6.07 Å². The Bertz CT molecular complexity index is 592. The summed E-state index contributed by atoms with van der Waals surface area (Å²) in [7, 11) is 0. The summed E-state index contributed by atoms with van der Waals surface area (Å²) in [6, 6.07) is 4.51. The summed E-state index contributed by atoms with van der Waals surface area (Å²) < 4.78 is 0. The van der Waals surface area contributed by atoms with Crippen LogP contribution in [-0.2, 0) is 4.79 Å². The van der Waals surface area contributed by atoms with E-state index in [9.17, 15) is 14.9 Å². The molecule has 0 spiro atoms. The van der Waals surface area contributed by atoms with Crippen LogP contribution in [0.4, 0.5) is 11.4 Å². The van der Waals surface area contributed by atoms with Crippen molar-refractivity contribution < 1.29 is 14.6 Å². The number of nitrogens with zero attached hydrogens (tertiary/aromatic N) is 2. The summed E-state index contributed by atoms with van der Waals surface area (Å²) >= 11 is 0. The molecule has 0 radical (unpaired) electrons. The zero-order chi connectivity index (χ0) is 18.1. The number of hydrogen-bond donors (Lipinski definition) is 1. The Morgan fingerprint density at radius 1 is 1.12 bits per heavy atom. The highest BCUT2D eigenvalue weighted by Gasteiger charge is 2.31. The molecule has 138 valence electrons. The molecule has 1 N–H and O–H groups in total. The molecule has 7 heteroatoms. The Kier molecular flexibility index (Phi) is 7.50. The third kappa shape index (κ3) is 5.62. The molecule has 2 rings (SSSR count). The van der Waals surface area contributed by atoms with Gasteiger partial charge in [0.25, 0.3) is 11.6 Å². The maximum absolute atomic E-state index is 12.2. The fourth-order valence-electron chi connectivity index (χ4n) is 2.88. The van der Waals surface area contributed by atoms with Crippen LogP contribution in [0.5, 0.6) is 5.75 Å². The average molecular weight is 349 g/mol. The second kappa shape index (κ2) is 9.86. The van der Waals surface area contributed by atoms with Gasteiger partial charge >= 0.3 is 0 Å². The number of unbranched alkanes of at least 4 members (excludes halogenated alkanes) is 8. The topological polar surface area (TPSA) is 84.7 Å². The first-order valence-corrected chi connectivity index (χ1v) is 9.18. The molecule has 0 bridgehead atoms. The Balaban J connectivity index is 1.64. The highest BCUT2D eigenvalue weighted by atomic mass is 16.7. The van der Waals surface area contributed by atoms with Crippen molar-refractivity contribution in [1.29, 1.82) is 0 Å². The summed E-state index contributed by atoms with van der Waals surface area (Å²) in [5, 5.41) is 12.0. The molecule has 0 fully saturated rings. The second-order valence-corrected chi connectivity index (χ2v) is 6.38. The summed E-state index contributed by atoms with van der Waals surface area (Å²) in [6.45, 7) is 2.21. The van der Waals surface area contributed by atoms with E-state index in [0.29, 0.717) is 12.2 Å². The van der Waals surface area contributed by atoms with Crippen LogP contribution in [0.25, 0.3) is 0 Å². The van der Waals surface area contributed by atoms with Crippen LogP contribution in [0.3, 0.4) is 0 Å². The fourth-order valence-corrected chi connectivity index (χ4v) is 2.88. The summed E-state index contributed by atoms with van der Waals surface area (Å²) in [4.78, 5) is 28.0. The van der Waals surface area contributed by atoms with Crippen molar-refractivity contribution in [2.24, 2.45) is 0 Å². The predicted octanol–water partition coefficient (Wildman–Crippen LogP) is 4.98. The zero-order valence-corrected chi connectivity index (χ0v) is 14.8. The van der Waals surface area contributed by atoms with Gasteiger partial charge < -0.3 is 4.84 Å². The standard InChI is InChI=1S/C18H27N3O4/c1-2-3-4-5-6-7-8-9-10-14-17(22)20-19-18-15(21(23)24)12-11-13-16(18)25-20/h11-13,19H,2-10,14H2,1H3.